The van der Waals surface area contributed by atoms with Crippen LogP contribution in [0.15, 0.2) is 72.9 Å². The van der Waals surface area contributed by atoms with Crippen LogP contribution in [0.5, 0.6) is 0 Å². The van der Waals surface area contributed by atoms with Crippen molar-refractivity contribution in [3.05, 3.63) is 84.6 Å². The highest BCUT2D eigenvalue weighted by molar-refractivity contribution is 5.87. The van der Waals surface area contributed by atoms with E-state index < -0.39 is 18.2 Å². The number of benzene rings is 3. The Morgan fingerprint density at radius 3 is 2.16 bits per heavy atom. The number of H-pyrrole nitrogens is 2. The van der Waals surface area contributed by atoms with Crippen molar-refractivity contribution in [1.29, 1.82) is 0 Å². The van der Waals surface area contributed by atoms with Gasteiger partial charge in [0.25, 0.3) is 0 Å². The topological polar surface area (TPSA) is 175 Å². The quantitative estimate of drug-likeness (QED) is 0.0974. The summed E-state index contributed by atoms with van der Waals surface area (Å²) in [6.07, 6.45) is 7.22. The van der Waals surface area contributed by atoms with Crippen LogP contribution in [0.4, 0.5) is 9.59 Å². The molecule has 6 unspecified atom stereocenters. The lowest BCUT2D eigenvalue weighted by Gasteiger charge is -2.37. The molecule has 324 valence electrons. The molecule has 2 aliphatic heterocycles. The van der Waals surface area contributed by atoms with Gasteiger partial charge in [-0.2, -0.15) is 0 Å². The van der Waals surface area contributed by atoms with E-state index in [1.54, 1.807) is 0 Å². The molecular formula is C48H56N8O6. The Labute approximate surface area is 361 Å². The molecule has 0 radical (unpaired) electrons. The van der Waals surface area contributed by atoms with Gasteiger partial charge in [-0.25, -0.2) is 19.6 Å². The van der Waals surface area contributed by atoms with E-state index in [4.69, 9.17) is 14.7 Å². The van der Waals surface area contributed by atoms with Crippen LogP contribution in [0.25, 0.3) is 44.5 Å². The molecule has 6 atom stereocenters. The van der Waals surface area contributed by atoms with Crippen LogP contribution in [0.2, 0.25) is 0 Å². The standard InChI is InChI=1S/C48H56N8O6/c1-27(2)41(54-47(60)62-5)45(58)56-35-16-14-34(21-35)42(56)44-51-36-17-15-33(22-37(36)52-44)31-8-6-29(7-9-31)30-10-12-32(13-11-30)38-25-49-43(53-38)39-23-48(18-19-48)26-55(39)40(57)20-28(3)24-50-46(59)61-4/h6-13,15,17,22,25,27-28,34-35,39,41-42H,14,16,18-21,23-24,26H2,1-5H3,(H,49,53)(H,50,59)(H,51,52)(H,54,60). The first-order chi connectivity index (χ1) is 29.9. The summed E-state index contributed by atoms with van der Waals surface area (Å²) in [6.45, 7) is 6.96. The van der Waals surface area contributed by atoms with E-state index in [0.29, 0.717) is 18.9 Å². The highest BCUT2D eigenvalue weighted by Crippen LogP contribution is 2.58. The fraction of sp³-hybridized carbons (Fsp3) is 0.458. The summed E-state index contributed by atoms with van der Waals surface area (Å²) < 4.78 is 9.52. The first-order valence-electron chi connectivity index (χ1n) is 22.0. The fourth-order valence-corrected chi connectivity index (χ4v) is 10.1. The van der Waals surface area contributed by atoms with Crippen LogP contribution < -0.4 is 10.6 Å². The van der Waals surface area contributed by atoms with Crippen molar-refractivity contribution in [3.8, 4) is 33.5 Å². The molecule has 14 nitrogen and oxygen atoms in total. The van der Waals surface area contributed by atoms with Crippen molar-refractivity contribution in [2.75, 3.05) is 27.3 Å². The molecule has 4 aliphatic rings. The van der Waals surface area contributed by atoms with E-state index in [2.05, 4.69) is 86.0 Å². The zero-order chi connectivity index (χ0) is 43.3. The van der Waals surface area contributed by atoms with Crippen LogP contribution in [-0.2, 0) is 19.1 Å². The fourth-order valence-electron chi connectivity index (χ4n) is 10.1. The maximum Gasteiger partial charge on any atom is 0.407 e. The minimum absolute atomic E-state index is 0.0200. The minimum Gasteiger partial charge on any atom is -0.453 e. The summed E-state index contributed by atoms with van der Waals surface area (Å²) in [7, 11) is 2.64. The third-order valence-electron chi connectivity index (χ3n) is 13.8. The number of aromatic nitrogens is 4. The normalized spacial score (nSPS) is 22.0. The number of carbonyl (C=O) groups excluding carboxylic acids is 4. The Bertz CT molecular complexity index is 2470. The first kappa shape index (κ1) is 41.2. The van der Waals surface area contributed by atoms with Gasteiger partial charge in [-0.3, -0.25) is 9.59 Å². The van der Waals surface area contributed by atoms with Crippen molar-refractivity contribution >= 4 is 35.0 Å². The second-order valence-electron chi connectivity index (χ2n) is 18.4. The van der Waals surface area contributed by atoms with Gasteiger partial charge in [-0.15, -0.1) is 0 Å². The third-order valence-corrected chi connectivity index (χ3v) is 13.8. The predicted octanol–water partition coefficient (Wildman–Crippen LogP) is 8.16. The molecule has 2 saturated carbocycles. The number of nitrogens with one attached hydrogen (secondary N) is 4. The van der Waals surface area contributed by atoms with Gasteiger partial charge in [0.05, 0.1) is 49.2 Å². The zero-order valence-corrected chi connectivity index (χ0v) is 36.1. The van der Waals surface area contributed by atoms with E-state index in [-0.39, 0.29) is 47.2 Å². The number of amides is 4. The lowest BCUT2D eigenvalue weighted by molar-refractivity contribution is -0.139. The summed E-state index contributed by atoms with van der Waals surface area (Å²) in [5.74, 6) is 1.80. The molecule has 2 aliphatic carbocycles. The molecule has 4 heterocycles. The van der Waals surface area contributed by atoms with Crippen molar-refractivity contribution in [2.45, 2.75) is 89.9 Å². The maximum absolute atomic E-state index is 14.0. The predicted molar refractivity (Wildman–Crippen MR) is 234 cm³/mol. The lowest BCUT2D eigenvalue weighted by atomic mass is 9.95. The largest absolute Gasteiger partial charge is 0.453 e. The summed E-state index contributed by atoms with van der Waals surface area (Å²) >= 11 is 0. The van der Waals surface area contributed by atoms with Crippen LogP contribution in [0.3, 0.4) is 0 Å². The van der Waals surface area contributed by atoms with E-state index in [0.717, 1.165) is 101 Å². The van der Waals surface area contributed by atoms with Crippen LogP contribution in [-0.4, -0.2) is 93.1 Å². The van der Waals surface area contributed by atoms with Gasteiger partial charge in [0.1, 0.15) is 17.7 Å². The van der Waals surface area contributed by atoms with E-state index >= 15 is 0 Å². The molecule has 62 heavy (non-hydrogen) atoms. The number of methoxy groups -OCH3 is 2. The van der Waals surface area contributed by atoms with Crippen LogP contribution >= 0.6 is 0 Å². The van der Waals surface area contributed by atoms with E-state index in [1.807, 2.05) is 42.8 Å². The van der Waals surface area contributed by atoms with Gasteiger partial charge >= 0.3 is 12.2 Å². The smallest absolute Gasteiger partial charge is 0.407 e. The Balaban J connectivity index is 0.867. The Kier molecular flexibility index (Phi) is 11.0. The highest BCUT2D eigenvalue weighted by Gasteiger charge is 2.54. The second-order valence-corrected chi connectivity index (χ2v) is 18.4. The van der Waals surface area contributed by atoms with E-state index in [1.165, 1.54) is 14.2 Å². The van der Waals surface area contributed by atoms with Gasteiger partial charge in [-0.1, -0.05) is 75.4 Å². The van der Waals surface area contributed by atoms with Crippen molar-refractivity contribution < 1.29 is 28.7 Å². The number of aromatic amines is 2. The van der Waals surface area contributed by atoms with Crippen LogP contribution in [0.1, 0.15) is 89.4 Å². The monoisotopic (exact) mass is 840 g/mol. The highest BCUT2D eigenvalue weighted by atomic mass is 16.5. The molecular weight excluding hydrogens is 785 g/mol. The lowest BCUT2D eigenvalue weighted by Crippen LogP contribution is -2.54. The zero-order valence-electron chi connectivity index (χ0n) is 36.1. The second kappa shape index (κ2) is 16.6. The number of hydrogen-bond acceptors (Lipinski definition) is 8. The molecule has 2 aromatic heterocycles. The number of imidazole rings is 2. The molecule has 3 aromatic carbocycles. The molecule has 14 heteroatoms. The minimum atomic E-state index is -0.681. The summed E-state index contributed by atoms with van der Waals surface area (Å²) in [5.41, 5.74) is 8.24. The number of fused-ring (bicyclic) bond motifs is 3. The van der Waals surface area contributed by atoms with Gasteiger partial charge in [0.15, 0.2) is 0 Å². The average Bonchev–Trinajstić information content (AvgIpc) is 3.88. The number of nitrogens with zero attached hydrogens (tertiary/aromatic N) is 4. The Morgan fingerprint density at radius 1 is 0.839 bits per heavy atom. The Hall–Kier alpha value is -6.18. The summed E-state index contributed by atoms with van der Waals surface area (Å²) in [5, 5.41) is 5.47. The number of carbonyl (C=O) groups is 4. The molecule has 4 N–H and O–H groups in total. The van der Waals surface area contributed by atoms with Gasteiger partial charge in [0, 0.05) is 25.6 Å². The molecule has 9 rings (SSSR count). The average molecular weight is 841 g/mol. The van der Waals surface area contributed by atoms with Crippen molar-refractivity contribution in [3.63, 3.8) is 0 Å². The van der Waals surface area contributed by atoms with Crippen molar-refractivity contribution in [1.82, 2.24) is 40.4 Å². The molecule has 2 bridgehead atoms. The van der Waals surface area contributed by atoms with Gasteiger partial charge in [-0.05, 0) is 102 Å². The number of hydrogen-bond donors (Lipinski definition) is 4. The van der Waals surface area contributed by atoms with E-state index in [9.17, 15) is 19.2 Å². The summed E-state index contributed by atoms with van der Waals surface area (Å²) in [6, 6.07) is 22.4. The number of piperidine rings is 1. The molecule has 4 fully saturated rings. The number of rotatable bonds is 12. The molecule has 2 saturated heterocycles. The number of likely N-dealkylation sites (tertiary alicyclic amines) is 2. The molecule has 4 amide bonds. The molecule has 5 aromatic rings. The maximum atomic E-state index is 14.0. The Morgan fingerprint density at radius 2 is 1.50 bits per heavy atom. The summed E-state index contributed by atoms with van der Waals surface area (Å²) in [4.78, 5) is 72.2. The number of ether oxygens (including phenoxy) is 2. The van der Waals surface area contributed by atoms with Gasteiger partial charge in [0.2, 0.25) is 11.8 Å². The van der Waals surface area contributed by atoms with Crippen molar-refractivity contribution in [2.24, 2.45) is 23.2 Å². The first-order valence-corrected chi connectivity index (χ1v) is 22.0. The number of alkyl carbamates (subject to hydrolysis) is 2. The van der Waals surface area contributed by atoms with Gasteiger partial charge < -0.3 is 39.9 Å². The van der Waals surface area contributed by atoms with Crippen LogP contribution in [0, 0.1) is 23.2 Å². The SMILES string of the molecule is COC(=O)NCC(C)CC(=O)N1CC2(CC2)CC1c1ncc(-c2ccc(-c3ccc(-c4ccc5nc(C6C7CCC(C7)N6C(=O)C(NC(=O)OC)C(C)C)[nH]c5c4)cc3)cc2)[nH]1. The third kappa shape index (κ3) is 8.02. The molecule has 1 spiro atoms.